The van der Waals surface area contributed by atoms with Gasteiger partial charge in [0.05, 0.1) is 0 Å². The largest absolute Gasteiger partial charge is 0.465 e. The number of primary amides is 1. The quantitative estimate of drug-likeness (QED) is 0.617. The molecule has 2 rings (SSSR count). The average Bonchev–Trinajstić information content (AvgIpc) is 2.23. The van der Waals surface area contributed by atoms with Crippen LogP contribution in [0.15, 0.2) is 36.4 Å². The van der Waals surface area contributed by atoms with Crippen LogP contribution in [-0.4, -0.2) is 11.2 Å². The number of nitrogens with two attached hydrogens (primary N) is 2. The smallest absolute Gasteiger partial charge is 0.402 e. The lowest BCUT2D eigenvalue weighted by Gasteiger charge is -2.02. The highest BCUT2D eigenvalue weighted by Crippen LogP contribution is 2.27. The molecule has 2 aromatic rings. The highest BCUT2D eigenvalue weighted by molar-refractivity contribution is 6.36. The van der Waals surface area contributed by atoms with Crippen LogP contribution < -0.4 is 11.5 Å². The number of benzene rings is 2. The Bertz CT molecular complexity index is 470. The van der Waals surface area contributed by atoms with Gasteiger partial charge in [-0.25, -0.2) is 4.79 Å². The minimum atomic E-state index is -1.33. The van der Waals surface area contributed by atoms with Crippen LogP contribution in [0.5, 0.6) is 0 Å². The summed E-state index contributed by atoms with van der Waals surface area (Å²) >= 11 is 5.97. The van der Waals surface area contributed by atoms with Crippen LogP contribution in [0.3, 0.4) is 0 Å². The molecule has 0 bridgehead atoms. The summed E-state index contributed by atoms with van der Waals surface area (Å²) in [4.78, 5) is 8.78. The SMILES string of the molecule is NC(=O)O.Nc1ccc(Cl)c2ccccc12. The highest BCUT2D eigenvalue weighted by Gasteiger charge is 1.99. The van der Waals surface area contributed by atoms with Crippen molar-refractivity contribution in [2.75, 3.05) is 5.73 Å². The summed E-state index contributed by atoms with van der Waals surface area (Å²) in [6, 6.07) is 11.5. The maximum absolute atomic E-state index is 8.78. The van der Waals surface area contributed by atoms with Crippen LogP contribution in [-0.2, 0) is 0 Å². The summed E-state index contributed by atoms with van der Waals surface area (Å²) in [5, 5.41) is 9.98. The number of rotatable bonds is 0. The van der Waals surface area contributed by atoms with Gasteiger partial charge in [-0.15, -0.1) is 0 Å². The number of anilines is 1. The van der Waals surface area contributed by atoms with Crippen molar-refractivity contribution in [3.63, 3.8) is 0 Å². The van der Waals surface area contributed by atoms with Crippen LogP contribution in [0.1, 0.15) is 0 Å². The predicted octanol–water partition coefficient (Wildman–Crippen LogP) is 2.70. The minimum absolute atomic E-state index is 0.750. The summed E-state index contributed by atoms with van der Waals surface area (Å²) in [5.41, 5.74) is 10.6. The van der Waals surface area contributed by atoms with E-state index in [1.807, 2.05) is 36.4 Å². The van der Waals surface area contributed by atoms with E-state index in [0.29, 0.717) is 0 Å². The number of fused-ring (bicyclic) bond motifs is 1. The van der Waals surface area contributed by atoms with Crippen molar-refractivity contribution >= 4 is 34.2 Å². The third-order valence-electron chi connectivity index (χ3n) is 1.90. The molecule has 0 aromatic heterocycles. The first-order valence-corrected chi connectivity index (χ1v) is 4.81. The van der Waals surface area contributed by atoms with Crippen molar-refractivity contribution in [3.8, 4) is 0 Å². The lowest BCUT2D eigenvalue weighted by Crippen LogP contribution is -2.03. The van der Waals surface area contributed by atoms with Crippen molar-refractivity contribution in [2.24, 2.45) is 5.73 Å². The van der Waals surface area contributed by atoms with E-state index in [0.717, 1.165) is 21.5 Å². The zero-order valence-electron chi connectivity index (χ0n) is 8.35. The first-order chi connectivity index (χ1) is 7.52. The summed E-state index contributed by atoms with van der Waals surface area (Å²) in [5.74, 6) is 0. The number of hydrogen-bond donors (Lipinski definition) is 3. The van der Waals surface area contributed by atoms with Crippen molar-refractivity contribution in [2.45, 2.75) is 0 Å². The molecule has 0 unspecified atom stereocenters. The fraction of sp³-hybridized carbons (Fsp3) is 0. The summed E-state index contributed by atoms with van der Waals surface area (Å²) in [6.45, 7) is 0. The van der Waals surface area contributed by atoms with Crippen LogP contribution in [0.25, 0.3) is 10.8 Å². The second kappa shape index (κ2) is 5.23. The van der Waals surface area contributed by atoms with Crippen molar-refractivity contribution in [1.82, 2.24) is 0 Å². The molecule has 0 atom stereocenters. The Hall–Kier alpha value is -1.94. The van der Waals surface area contributed by atoms with Gasteiger partial charge < -0.3 is 16.6 Å². The predicted molar refractivity (Wildman–Crippen MR) is 65.6 cm³/mol. The van der Waals surface area contributed by atoms with E-state index in [1.54, 1.807) is 0 Å². The molecular formula is C11H11ClN2O2. The fourth-order valence-electron chi connectivity index (χ4n) is 1.29. The van der Waals surface area contributed by atoms with Gasteiger partial charge in [0.25, 0.3) is 0 Å². The molecule has 16 heavy (non-hydrogen) atoms. The van der Waals surface area contributed by atoms with Crippen LogP contribution >= 0.6 is 11.6 Å². The van der Waals surface area contributed by atoms with E-state index in [2.05, 4.69) is 5.73 Å². The number of hydrogen-bond acceptors (Lipinski definition) is 2. The molecule has 0 aliphatic heterocycles. The summed E-state index contributed by atoms with van der Waals surface area (Å²) in [6.07, 6.45) is -1.33. The fourth-order valence-corrected chi connectivity index (χ4v) is 1.51. The molecule has 5 N–H and O–H groups in total. The number of amides is 1. The van der Waals surface area contributed by atoms with Gasteiger partial charge in [-0.05, 0) is 12.1 Å². The Kier molecular flexibility index (Phi) is 3.96. The summed E-state index contributed by atoms with van der Waals surface area (Å²) in [7, 11) is 0. The Balaban J connectivity index is 0.000000280. The first-order valence-electron chi connectivity index (χ1n) is 4.43. The van der Waals surface area contributed by atoms with E-state index in [4.69, 9.17) is 27.2 Å². The number of nitrogen functional groups attached to an aromatic ring is 1. The second-order valence-corrected chi connectivity index (χ2v) is 3.43. The molecule has 5 heteroatoms. The van der Waals surface area contributed by atoms with Crippen molar-refractivity contribution < 1.29 is 9.90 Å². The van der Waals surface area contributed by atoms with Gasteiger partial charge in [-0.1, -0.05) is 35.9 Å². The molecule has 0 aliphatic rings. The van der Waals surface area contributed by atoms with Crippen LogP contribution in [0.2, 0.25) is 5.02 Å². The standard InChI is InChI=1S/C10H8ClN.CH3NO2/c11-9-5-6-10(12)8-4-2-1-3-7(8)9;2-1(3)4/h1-6H,12H2;2H2,(H,3,4). The highest BCUT2D eigenvalue weighted by atomic mass is 35.5. The Labute approximate surface area is 97.4 Å². The van der Waals surface area contributed by atoms with Gasteiger partial charge in [0, 0.05) is 21.5 Å². The molecule has 0 aliphatic carbocycles. The topological polar surface area (TPSA) is 89.3 Å². The molecular weight excluding hydrogens is 228 g/mol. The monoisotopic (exact) mass is 238 g/mol. The van der Waals surface area contributed by atoms with Gasteiger partial charge in [0.15, 0.2) is 0 Å². The van der Waals surface area contributed by atoms with Gasteiger partial charge in [-0.3, -0.25) is 0 Å². The van der Waals surface area contributed by atoms with Gasteiger partial charge >= 0.3 is 6.09 Å². The number of carbonyl (C=O) groups is 1. The zero-order chi connectivity index (χ0) is 12.1. The third-order valence-corrected chi connectivity index (χ3v) is 2.23. The lowest BCUT2D eigenvalue weighted by atomic mass is 10.1. The van der Waals surface area contributed by atoms with E-state index in [1.165, 1.54) is 0 Å². The maximum atomic E-state index is 8.78. The molecule has 2 aromatic carbocycles. The summed E-state index contributed by atoms with van der Waals surface area (Å²) < 4.78 is 0. The second-order valence-electron chi connectivity index (χ2n) is 3.02. The van der Waals surface area contributed by atoms with Crippen LogP contribution in [0, 0.1) is 0 Å². The molecule has 0 spiro atoms. The molecule has 0 saturated carbocycles. The molecule has 4 nitrogen and oxygen atoms in total. The molecule has 0 radical (unpaired) electrons. The van der Waals surface area contributed by atoms with Gasteiger partial charge in [0.2, 0.25) is 0 Å². The van der Waals surface area contributed by atoms with E-state index < -0.39 is 6.09 Å². The van der Waals surface area contributed by atoms with Crippen molar-refractivity contribution in [1.29, 1.82) is 0 Å². The third kappa shape index (κ3) is 3.03. The molecule has 1 amide bonds. The Morgan fingerprint density at radius 1 is 1.12 bits per heavy atom. The molecule has 0 fully saturated rings. The maximum Gasteiger partial charge on any atom is 0.402 e. The lowest BCUT2D eigenvalue weighted by molar-refractivity contribution is 0.205. The molecule has 0 heterocycles. The van der Waals surface area contributed by atoms with Crippen LogP contribution in [0.4, 0.5) is 10.5 Å². The first kappa shape index (κ1) is 12.1. The number of halogens is 1. The Morgan fingerprint density at radius 2 is 1.62 bits per heavy atom. The molecule has 0 saturated heterocycles. The molecule has 84 valence electrons. The zero-order valence-corrected chi connectivity index (χ0v) is 9.11. The van der Waals surface area contributed by atoms with Gasteiger partial charge in [-0.2, -0.15) is 0 Å². The van der Waals surface area contributed by atoms with E-state index >= 15 is 0 Å². The van der Waals surface area contributed by atoms with Gasteiger partial charge in [0.1, 0.15) is 0 Å². The van der Waals surface area contributed by atoms with Crippen molar-refractivity contribution in [3.05, 3.63) is 41.4 Å². The number of carboxylic acid groups (broad SMARTS) is 1. The van der Waals surface area contributed by atoms with E-state index in [-0.39, 0.29) is 0 Å². The average molecular weight is 239 g/mol. The van der Waals surface area contributed by atoms with E-state index in [9.17, 15) is 0 Å². The Morgan fingerprint density at radius 3 is 2.12 bits per heavy atom. The minimum Gasteiger partial charge on any atom is -0.465 e. The normalized spacial score (nSPS) is 9.31.